The molecule has 128 valence electrons. The van der Waals surface area contributed by atoms with Crippen molar-refractivity contribution in [2.45, 2.75) is 20.3 Å². The molecule has 0 amide bonds. The highest BCUT2D eigenvalue weighted by molar-refractivity contribution is 5.96. The molecule has 0 bridgehead atoms. The molecule has 0 radical (unpaired) electrons. The molecule has 2 heteroatoms. The molecule has 0 fully saturated rings. The second-order valence-electron chi connectivity index (χ2n) is 6.60. The van der Waals surface area contributed by atoms with E-state index in [2.05, 4.69) is 44.2 Å². The lowest BCUT2D eigenvalue weighted by molar-refractivity contribution is 0.889. The summed E-state index contributed by atoms with van der Waals surface area (Å²) in [7, 11) is 0. The largest absolute Gasteiger partial charge is 0.281 e. The van der Waals surface area contributed by atoms with Crippen molar-refractivity contribution in [2.24, 2.45) is 0 Å². The van der Waals surface area contributed by atoms with E-state index >= 15 is 0 Å². The SMILES string of the molecule is CCc1cc2cccc(-c3ccc(C)cc3)c2c(=O)n1-c1ccccc1. The van der Waals surface area contributed by atoms with Crippen LogP contribution in [0.15, 0.2) is 83.7 Å². The Kier molecular flexibility index (Phi) is 4.18. The molecule has 1 aromatic heterocycles. The van der Waals surface area contributed by atoms with Gasteiger partial charge in [-0.1, -0.05) is 73.2 Å². The summed E-state index contributed by atoms with van der Waals surface area (Å²) in [6, 6.07) is 26.5. The van der Waals surface area contributed by atoms with Gasteiger partial charge in [0.1, 0.15) is 0 Å². The van der Waals surface area contributed by atoms with Gasteiger partial charge in [-0.25, -0.2) is 0 Å². The fraction of sp³-hybridized carbons (Fsp3) is 0.125. The first kappa shape index (κ1) is 16.3. The number of para-hydroxylation sites is 1. The number of nitrogens with zero attached hydrogens (tertiary/aromatic N) is 1. The number of rotatable bonds is 3. The number of fused-ring (bicyclic) bond motifs is 1. The topological polar surface area (TPSA) is 22.0 Å². The van der Waals surface area contributed by atoms with Crippen LogP contribution in [0.1, 0.15) is 18.2 Å². The number of aryl methyl sites for hydroxylation is 2. The van der Waals surface area contributed by atoms with E-state index in [1.54, 1.807) is 0 Å². The van der Waals surface area contributed by atoms with Gasteiger partial charge in [0.2, 0.25) is 0 Å². The first-order valence-electron chi connectivity index (χ1n) is 8.99. The van der Waals surface area contributed by atoms with E-state index in [-0.39, 0.29) is 5.56 Å². The van der Waals surface area contributed by atoms with Crippen molar-refractivity contribution >= 4 is 10.8 Å². The van der Waals surface area contributed by atoms with Gasteiger partial charge in [-0.05, 0) is 48.1 Å². The molecule has 0 aliphatic rings. The third-order valence-electron chi connectivity index (χ3n) is 4.86. The third-order valence-corrected chi connectivity index (χ3v) is 4.86. The quantitative estimate of drug-likeness (QED) is 0.481. The van der Waals surface area contributed by atoms with Gasteiger partial charge < -0.3 is 0 Å². The van der Waals surface area contributed by atoms with Crippen LogP contribution in [0.4, 0.5) is 0 Å². The molecule has 0 spiro atoms. The Morgan fingerprint density at radius 2 is 1.58 bits per heavy atom. The zero-order chi connectivity index (χ0) is 18.1. The van der Waals surface area contributed by atoms with E-state index in [0.29, 0.717) is 0 Å². The first-order valence-corrected chi connectivity index (χ1v) is 8.99. The van der Waals surface area contributed by atoms with Gasteiger partial charge in [0, 0.05) is 11.4 Å². The lowest BCUT2D eigenvalue weighted by Crippen LogP contribution is -2.22. The van der Waals surface area contributed by atoms with Crippen molar-refractivity contribution < 1.29 is 0 Å². The Balaban J connectivity index is 2.08. The molecule has 3 aromatic carbocycles. The normalized spacial score (nSPS) is 11.0. The summed E-state index contributed by atoms with van der Waals surface area (Å²) in [5, 5.41) is 1.77. The molecule has 0 saturated heterocycles. The van der Waals surface area contributed by atoms with Crippen molar-refractivity contribution in [1.82, 2.24) is 4.57 Å². The number of aromatic nitrogens is 1. The van der Waals surface area contributed by atoms with Gasteiger partial charge in [-0.15, -0.1) is 0 Å². The van der Waals surface area contributed by atoms with Crippen molar-refractivity contribution in [2.75, 3.05) is 0 Å². The highest BCUT2D eigenvalue weighted by Crippen LogP contribution is 2.28. The van der Waals surface area contributed by atoms with Crippen molar-refractivity contribution in [1.29, 1.82) is 0 Å². The Bertz CT molecular complexity index is 1120. The van der Waals surface area contributed by atoms with Crippen molar-refractivity contribution in [3.05, 3.63) is 100 Å². The van der Waals surface area contributed by atoms with E-state index in [1.807, 2.05) is 53.1 Å². The van der Waals surface area contributed by atoms with Gasteiger partial charge in [0.25, 0.3) is 5.56 Å². The predicted octanol–water partition coefficient (Wildman–Crippen LogP) is 5.53. The van der Waals surface area contributed by atoms with Gasteiger partial charge in [0.05, 0.1) is 5.39 Å². The number of hydrogen-bond donors (Lipinski definition) is 0. The molecule has 0 unspecified atom stereocenters. The van der Waals surface area contributed by atoms with Crippen LogP contribution in [-0.4, -0.2) is 4.57 Å². The van der Waals surface area contributed by atoms with Crippen LogP contribution in [0, 0.1) is 6.92 Å². The van der Waals surface area contributed by atoms with E-state index in [9.17, 15) is 4.79 Å². The van der Waals surface area contributed by atoms with E-state index in [4.69, 9.17) is 0 Å². The molecule has 0 saturated carbocycles. The highest BCUT2D eigenvalue weighted by atomic mass is 16.1. The minimum atomic E-state index is 0.0433. The maximum atomic E-state index is 13.5. The van der Waals surface area contributed by atoms with Crippen LogP contribution in [0.25, 0.3) is 27.6 Å². The maximum absolute atomic E-state index is 13.5. The summed E-state index contributed by atoms with van der Waals surface area (Å²) in [5.41, 5.74) is 5.25. The van der Waals surface area contributed by atoms with Crippen molar-refractivity contribution in [3.8, 4) is 16.8 Å². The minimum absolute atomic E-state index is 0.0433. The van der Waals surface area contributed by atoms with Crippen LogP contribution < -0.4 is 5.56 Å². The smallest absolute Gasteiger partial charge is 0.263 e. The Morgan fingerprint density at radius 1 is 0.846 bits per heavy atom. The fourth-order valence-electron chi connectivity index (χ4n) is 3.51. The zero-order valence-corrected chi connectivity index (χ0v) is 15.1. The number of hydrogen-bond acceptors (Lipinski definition) is 1. The first-order chi connectivity index (χ1) is 12.7. The Morgan fingerprint density at radius 3 is 2.27 bits per heavy atom. The minimum Gasteiger partial charge on any atom is -0.281 e. The Hall–Kier alpha value is -3.13. The van der Waals surface area contributed by atoms with E-state index in [0.717, 1.165) is 39.7 Å². The monoisotopic (exact) mass is 339 g/mol. The lowest BCUT2D eigenvalue weighted by atomic mass is 9.97. The van der Waals surface area contributed by atoms with Crippen molar-refractivity contribution in [3.63, 3.8) is 0 Å². The second kappa shape index (κ2) is 6.64. The second-order valence-corrected chi connectivity index (χ2v) is 6.60. The summed E-state index contributed by atoms with van der Waals surface area (Å²) in [4.78, 5) is 13.5. The molecule has 4 aromatic rings. The predicted molar refractivity (Wildman–Crippen MR) is 109 cm³/mol. The summed E-state index contributed by atoms with van der Waals surface area (Å²) in [6.45, 7) is 4.16. The summed E-state index contributed by atoms with van der Waals surface area (Å²) in [6.07, 6.45) is 0.800. The van der Waals surface area contributed by atoms with Crippen LogP contribution >= 0.6 is 0 Å². The standard InChI is InChI=1S/C24H21NO/c1-3-20-16-19-8-7-11-22(18-14-12-17(2)13-15-18)23(19)24(26)25(20)21-9-5-4-6-10-21/h4-16H,3H2,1-2H3. The van der Waals surface area contributed by atoms with Gasteiger partial charge in [-0.2, -0.15) is 0 Å². The molecular weight excluding hydrogens is 318 g/mol. The molecule has 0 aliphatic heterocycles. The number of benzene rings is 3. The molecule has 2 nitrogen and oxygen atoms in total. The van der Waals surface area contributed by atoms with Crippen LogP contribution in [0.5, 0.6) is 0 Å². The molecule has 26 heavy (non-hydrogen) atoms. The third kappa shape index (κ3) is 2.74. The molecule has 0 atom stereocenters. The number of pyridine rings is 1. The molecule has 0 aliphatic carbocycles. The average molecular weight is 339 g/mol. The highest BCUT2D eigenvalue weighted by Gasteiger charge is 2.14. The molecule has 4 rings (SSSR count). The summed E-state index contributed by atoms with van der Waals surface area (Å²) >= 11 is 0. The van der Waals surface area contributed by atoms with Gasteiger partial charge in [-0.3, -0.25) is 9.36 Å². The van der Waals surface area contributed by atoms with Crippen LogP contribution in [0.2, 0.25) is 0 Å². The van der Waals surface area contributed by atoms with E-state index < -0.39 is 0 Å². The zero-order valence-electron chi connectivity index (χ0n) is 15.1. The fourth-order valence-corrected chi connectivity index (χ4v) is 3.51. The van der Waals surface area contributed by atoms with Crippen LogP contribution in [-0.2, 0) is 6.42 Å². The summed E-state index contributed by atoms with van der Waals surface area (Å²) in [5.74, 6) is 0. The van der Waals surface area contributed by atoms with Crippen LogP contribution in [0.3, 0.4) is 0 Å². The average Bonchev–Trinajstić information content (AvgIpc) is 2.68. The maximum Gasteiger partial charge on any atom is 0.263 e. The summed E-state index contributed by atoms with van der Waals surface area (Å²) < 4.78 is 1.85. The Labute approximate surface area is 153 Å². The van der Waals surface area contributed by atoms with Gasteiger partial charge >= 0.3 is 0 Å². The molecule has 1 heterocycles. The van der Waals surface area contributed by atoms with E-state index in [1.165, 1.54) is 5.56 Å². The lowest BCUT2D eigenvalue weighted by Gasteiger charge is -2.15. The molecular formula is C24H21NO. The molecule has 0 N–H and O–H groups in total. The van der Waals surface area contributed by atoms with Gasteiger partial charge in [0.15, 0.2) is 0 Å².